The summed E-state index contributed by atoms with van der Waals surface area (Å²) in [5, 5.41) is 15.1. The van der Waals surface area contributed by atoms with Crippen LogP contribution in [0.25, 0.3) is 121 Å². The van der Waals surface area contributed by atoms with E-state index >= 15 is 0 Å². The van der Waals surface area contributed by atoms with Gasteiger partial charge in [-0.15, -0.1) is 0 Å². The second-order valence-corrected chi connectivity index (χ2v) is 16.4. The van der Waals surface area contributed by atoms with Crippen LogP contribution >= 0.6 is 0 Å². The zero-order chi connectivity index (χ0) is 41.0. The topological polar surface area (TPSA) is 0 Å². The Hall–Kier alpha value is -8.06. The van der Waals surface area contributed by atoms with Crippen molar-refractivity contribution < 1.29 is 0 Å². The van der Waals surface area contributed by atoms with Crippen LogP contribution in [0.3, 0.4) is 0 Å². The molecular formula is C62H40. The van der Waals surface area contributed by atoms with Crippen molar-refractivity contribution in [2.75, 3.05) is 0 Å². The highest BCUT2D eigenvalue weighted by molar-refractivity contribution is 6.23. The van der Waals surface area contributed by atoms with Gasteiger partial charge in [0.2, 0.25) is 0 Å². The van der Waals surface area contributed by atoms with E-state index in [1.807, 2.05) is 0 Å². The molecule has 0 nitrogen and oxygen atoms in total. The minimum Gasteiger partial charge on any atom is -0.0622 e. The molecule has 0 aromatic heterocycles. The lowest BCUT2D eigenvalue weighted by Crippen LogP contribution is -1.92. The molecule has 0 saturated carbocycles. The molecule has 0 heterocycles. The Kier molecular flexibility index (Phi) is 8.61. The molecule has 12 aromatic rings. The fourth-order valence-corrected chi connectivity index (χ4v) is 9.89. The summed E-state index contributed by atoms with van der Waals surface area (Å²) in [6.45, 7) is 0. The smallest absolute Gasteiger partial charge is 0.00259 e. The fourth-order valence-electron chi connectivity index (χ4n) is 9.89. The number of hydrogen-bond donors (Lipinski definition) is 0. The molecule has 0 aliphatic heterocycles. The van der Waals surface area contributed by atoms with Crippen molar-refractivity contribution in [3.8, 4) is 44.5 Å². The average Bonchev–Trinajstić information content (AvgIpc) is 3.34. The molecule has 0 atom stereocenters. The molecule has 0 unspecified atom stereocenters. The summed E-state index contributed by atoms with van der Waals surface area (Å²) in [6.07, 6.45) is 4.57. The van der Waals surface area contributed by atoms with Gasteiger partial charge >= 0.3 is 0 Å². The fraction of sp³-hybridized carbons (Fsp3) is 0. The van der Waals surface area contributed by atoms with Gasteiger partial charge < -0.3 is 0 Å². The number of rotatable bonds is 6. The third-order valence-corrected chi connectivity index (χ3v) is 12.8. The third kappa shape index (κ3) is 6.08. The van der Waals surface area contributed by atoms with Gasteiger partial charge in [0.1, 0.15) is 0 Å². The average molecular weight is 785 g/mol. The SMILES string of the molecule is C(=Cc1c2ccccc2c(-c2ccccc2)c2ccccc12)c1ccc(-c2ccc3c(-c4ccc5ccccc5c4)c4ccccc4c(-c4ccc5ccccc5c4)c3c2)cc1. The lowest BCUT2D eigenvalue weighted by atomic mass is 9.84. The van der Waals surface area contributed by atoms with Gasteiger partial charge in [-0.1, -0.05) is 224 Å². The Bertz CT molecular complexity index is 3660. The third-order valence-electron chi connectivity index (χ3n) is 12.8. The number of benzene rings is 12. The molecule has 0 aliphatic rings. The lowest BCUT2D eigenvalue weighted by molar-refractivity contribution is 1.62. The molecule has 0 aliphatic carbocycles. The van der Waals surface area contributed by atoms with Crippen LogP contribution in [0.5, 0.6) is 0 Å². The maximum atomic E-state index is 2.42. The van der Waals surface area contributed by atoms with Crippen LogP contribution in [0.15, 0.2) is 231 Å². The van der Waals surface area contributed by atoms with Crippen LogP contribution in [0, 0.1) is 0 Å². The van der Waals surface area contributed by atoms with Crippen molar-refractivity contribution >= 4 is 76.8 Å². The second kappa shape index (κ2) is 14.9. The summed E-state index contributed by atoms with van der Waals surface area (Å²) in [5.74, 6) is 0. The predicted molar refractivity (Wildman–Crippen MR) is 269 cm³/mol. The molecular weight excluding hydrogens is 745 g/mol. The first-order chi connectivity index (χ1) is 30.7. The molecule has 0 saturated heterocycles. The first-order valence-electron chi connectivity index (χ1n) is 21.5. The largest absolute Gasteiger partial charge is 0.0622 e. The van der Waals surface area contributed by atoms with Crippen LogP contribution < -0.4 is 0 Å². The number of fused-ring (bicyclic) bond motifs is 6. The van der Waals surface area contributed by atoms with Gasteiger partial charge in [-0.25, -0.2) is 0 Å². The summed E-state index contributed by atoms with van der Waals surface area (Å²) in [4.78, 5) is 0. The molecule has 288 valence electrons. The predicted octanol–water partition coefficient (Wildman–Crippen LogP) is 17.4. The van der Waals surface area contributed by atoms with E-state index < -0.39 is 0 Å². The second-order valence-electron chi connectivity index (χ2n) is 16.4. The summed E-state index contributed by atoms with van der Waals surface area (Å²) >= 11 is 0. The van der Waals surface area contributed by atoms with Gasteiger partial charge in [0.25, 0.3) is 0 Å². The molecule has 12 aromatic carbocycles. The van der Waals surface area contributed by atoms with E-state index in [1.165, 1.54) is 115 Å². The van der Waals surface area contributed by atoms with Crippen LogP contribution in [0.4, 0.5) is 0 Å². The van der Waals surface area contributed by atoms with Crippen molar-refractivity contribution in [2.24, 2.45) is 0 Å². The van der Waals surface area contributed by atoms with E-state index in [-0.39, 0.29) is 0 Å². The first kappa shape index (κ1) is 35.8. The molecule has 0 spiro atoms. The van der Waals surface area contributed by atoms with Crippen molar-refractivity contribution in [3.05, 3.63) is 242 Å². The zero-order valence-electron chi connectivity index (χ0n) is 34.1. The normalized spacial score (nSPS) is 11.8. The van der Waals surface area contributed by atoms with Gasteiger partial charge in [0.05, 0.1) is 0 Å². The molecule has 0 amide bonds. The highest BCUT2D eigenvalue weighted by atomic mass is 14.2. The van der Waals surface area contributed by atoms with E-state index in [9.17, 15) is 0 Å². The van der Waals surface area contributed by atoms with E-state index in [0.29, 0.717) is 0 Å². The minimum absolute atomic E-state index is 1.16. The minimum atomic E-state index is 1.16. The van der Waals surface area contributed by atoms with E-state index in [0.717, 1.165) is 5.56 Å². The summed E-state index contributed by atoms with van der Waals surface area (Å²) in [5.41, 5.74) is 12.3. The van der Waals surface area contributed by atoms with Gasteiger partial charge in [0, 0.05) is 0 Å². The van der Waals surface area contributed by atoms with Crippen molar-refractivity contribution in [2.45, 2.75) is 0 Å². The highest BCUT2D eigenvalue weighted by Gasteiger charge is 2.19. The molecule has 0 radical (unpaired) electrons. The standard InChI is InChI=1S/C62H40/c1-2-16-45(17-3-1)60-54-22-10-8-20-51(54)53(52-21-9-11-23-55(52)60)36-28-41-26-29-44(30-27-41)48-35-37-58-59(40-48)62(50-34-32-43-15-5-7-19-47(43)39-50)57-25-13-12-24-56(57)61(58)49-33-31-42-14-4-6-18-46(42)38-49/h1-40H. The van der Waals surface area contributed by atoms with Crippen molar-refractivity contribution in [1.29, 1.82) is 0 Å². The highest BCUT2D eigenvalue weighted by Crippen LogP contribution is 2.46. The first-order valence-corrected chi connectivity index (χ1v) is 21.5. The van der Waals surface area contributed by atoms with E-state index in [2.05, 4.69) is 243 Å². The van der Waals surface area contributed by atoms with Crippen LogP contribution in [-0.4, -0.2) is 0 Å². The maximum absolute atomic E-state index is 2.42. The Morgan fingerprint density at radius 1 is 0.210 bits per heavy atom. The Morgan fingerprint density at radius 3 is 1.18 bits per heavy atom. The van der Waals surface area contributed by atoms with E-state index in [1.54, 1.807) is 0 Å². The molecule has 0 bridgehead atoms. The Balaban J connectivity index is 0.998. The zero-order valence-corrected chi connectivity index (χ0v) is 34.1. The van der Waals surface area contributed by atoms with Gasteiger partial charge in [-0.05, 0) is 138 Å². The van der Waals surface area contributed by atoms with Crippen LogP contribution in [-0.2, 0) is 0 Å². The van der Waals surface area contributed by atoms with Crippen molar-refractivity contribution in [1.82, 2.24) is 0 Å². The molecule has 0 fully saturated rings. The van der Waals surface area contributed by atoms with Crippen molar-refractivity contribution in [3.63, 3.8) is 0 Å². The number of hydrogen-bond acceptors (Lipinski definition) is 0. The molecule has 0 heteroatoms. The Morgan fingerprint density at radius 2 is 0.613 bits per heavy atom. The van der Waals surface area contributed by atoms with E-state index in [4.69, 9.17) is 0 Å². The van der Waals surface area contributed by atoms with Gasteiger partial charge in [-0.2, -0.15) is 0 Å². The molecule has 62 heavy (non-hydrogen) atoms. The summed E-state index contributed by atoms with van der Waals surface area (Å²) < 4.78 is 0. The maximum Gasteiger partial charge on any atom is -0.00259 e. The Labute approximate surface area is 361 Å². The molecule has 12 rings (SSSR count). The van der Waals surface area contributed by atoms with Crippen LogP contribution in [0.2, 0.25) is 0 Å². The quantitative estimate of drug-likeness (QED) is 0.116. The van der Waals surface area contributed by atoms with Crippen LogP contribution in [0.1, 0.15) is 11.1 Å². The summed E-state index contributed by atoms with van der Waals surface area (Å²) in [7, 11) is 0. The van der Waals surface area contributed by atoms with Gasteiger partial charge in [-0.3, -0.25) is 0 Å². The monoisotopic (exact) mass is 784 g/mol. The lowest BCUT2D eigenvalue weighted by Gasteiger charge is -2.19. The van der Waals surface area contributed by atoms with Gasteiger partial charge in [0.15, 0.2) is 0 Å². The summed E-state index contributed by atoms with van der Waals surface area (Å²) in [6, 6.07) is 84.7. The molecule has 0 N–H and O–H groups in total.